The van der Waals surface area contributed by atoms with Crippen molar-refractivity contribution in [2.24, 2.45) is 10.9 Å². The molecule has 0 spiro atoms. The summed E-state index contributed by atoms with van der Waals surface area (Å²) in [6, 6.07) is 8.66. The topological polar surface area (TPSA) is 58.6 Å². The Balaban J connectivity index is 1.29. The predicted molar refractivity (Wildman–Crippen MR) is 127 cm³/mol. The second kappa shape index (κ2) is 12.5. The number of nitrogens with zero attached hydrogens (tertiary/aromatic N) is 3. The van der Waals surface area contributed by atoms with Gasteiger partial charge in [-0.1, -0.05) is 24.3 Å². The number of benzene rings is 1. The molecule has 0 aliphatic carbocycles. The molecule has 0 saturated carbocycles. The van der Waals surface area contributed by atoms with E-state index in [-0.39, 0.29) is 0 Å². The Morgan fingerprint density at radius 1 is 1.06 bits per heavy atom. The maximum absolute atomic E-state index is 6.10. The summed E-state index contributed by atoms with van der Waals surface area (Å²) in [5.41, 5.74) is 2.46. The molecule has 7 heteroatoms. The van der Waals surface area contributed by atoms with Gasteiger partial charge in [-0.25, -0.2) is 4.99 Å². The van der Waals surface area contributed by atoms with Crippen LogP contribution in [0.1, 0.15) is 37.3 Å². The molecule has 0 bridgehead atoms. The summed E-state index contributed by atoms with van der Waals surface area (Å²) in [5.74, 6) is 1.75. The number of hydrogen-bond acceptors (Lipinski definition) is 5. The van der Waals surface area contributed by atoms with Crippen molar-refractivity contribution in [3.8, 4) is 0 Å². The molecular formula is C25H40N4O3. The van der Waals surface area contributed by atoms with Crippen molar-refractivity contribution in [3.63, 3.8) is 0 Å². The average Bonchev–Trinajstić information content (AvgIpc) is 3.30. The number of nitrogens with one attached hydrogen (secondary N) is 1. The Labute approximate surface area is 193 Å². The third-order valence-corrected chi connectivity index (χ3v) is 6.60. The molecule has 7 nitrogen and oxygen atoms in total. The zero-order chi connectivity index (χ0) is 22.0. The van der Waals surface area contributed by atoms with E-state index < -0.39 is 0 Å². The highest BCUT2D eigenvalue weighted by Gasteiger charge is 2.27. The molecule has 1 aromatic carbocycles. The molecule has 3 heterocycles. The fourth-order valence-electron chi connectivity index (χ4n) is 4.79. The maximum atomic E-state index is 6.10. The van der Waals surface area contributed by atoms with Crippen LogP contribution in [0.5, 0.6) is 0 Å². The largest absolute Gasteiger partial charge is 0.381 e. The molecule has 32 heavy (non-hydrogen) atoms. The standard InChI is InChI=1S/C25H40N4O3/c1-2-26-25(29-9-6-23(19-29)18-28-10-14-31-15-11-28)27-17-21-4-3-5-22(16-21)20-32-24-7-12-30-13-8-24/h3-5,16,23-24H,2,6-15,17-20H2,1H3,(H,26,27). The third kappa shape index (κ3) is 7.17. The van der Waals surface area contributed by atoms with Gasteiger partial charge in [0.05, 0.1) is 32.5 Å². The molecule has 3 aliphatic rings. The molecule has 3 saturated heterocycles. The van der Waals surface area contributed by atoms with Crippen LogP contribution in [0.15, 0.2) is 29.3 Å². The van der Waals surface area contributed by atoms with E-state index in [2.05, 4.69) is 46.3 Å². The smallest absolute Gasteiger partial charge is 0.194 e. The summed E-state index contributed by atoms with van der Waals surface area (Å²) < 4.78 is 17.0. The van der Waals surface area contributed by atoms with Crippen LogP contribution >= 0.6 is 0 Å². The molecule has 0 aromatic heterocycles. The second-order valence-corrected chi connectivity index (χ2v) is 9.13. The summed E-state index contributed by atoms with van der Waals surface area (Å²) in [6.45, 7) is 13.3. The van der Waals surface area contributed by atoms with E-state index in [1.54, 1.807) is 0 Å². The highest BCUT2D eigenvalue weighted by atomic mass is 16.5. The van der Waals surface area contributed by atoms with Crippen molar-refractivity contribution in [3.05, 3.63) is 35.4 Å². The zero-order valence-electron chi connectivity index (χ0n) is 19.6. The lowest BCUT2D eigenvalue weighted by Crippen LogP contribution is -2.42. The van der Waals surface area contributed by atoms with E-state index in [9.17, 15) is 0 Å². The van der Waals surface area contributed by atoms with Crippen LogP contribution in [-0.4, -0.2) is 87.6 Å². The van der Waals surface area contributed by atoms with E-state index in [1.165, 1.54) is 24.1 Å². The van der Waals surface area contributed by atoms with Crippen molar-refractivity contribution >= 4 is 5.96 Å². The quantitative estimate of drug-likeness (QED) is 0.491. The minimum atomic E-state index is 0.325. The van der Waals surface area contributed by atoms with Gasteiger partial charge in [-0.2, -0.15) is 0 Å². The Kier molecular flexibility index (Phi) is 9.20. The van der Waals surface area contributed by atoms with E-state index in [4.69, 9.17) is 19.2 Å². The van der Waals surface area contributed by atoms with Gasteiger partial charge in [-0.15, -0.1) is 0 Å². The molecule has 4 rings (SSSR count). The minimum Gasteiger partial charge on any atom is -0.381 e. The molecule has 0 radical (unpaired) electrons. The van der Waals surface area contributed by atoms with Crippen molar-refractivity contribution in [1.29, 1.82) is 0 Å². The fraction of sp³-hybridized carbons (Fsp3) is 0.720. The lowest BCUT2D eigenvalue weighted by atomic mass is 10.1. The van der Waals surface area contributed by atoms with Gasteiger partial charge in [0.25, 0.3) is 0 Å². The van der Waals surface area contributed by atoms with Gasteiger partial charge in [0.2, 0.25) is 0 Å². The van der Waals surface area contributed by atoms with Gasteiger partial charge in [-0.3, -0.25) is 4.90 Å². The van der Waals surface area contributed by atoms with Crippen molar-refractivity contribution in [2.75, 3.05) is 65.7 Å². The number of likely N-dealkylation sites (tertiary alicyclic amines) is 1. The molecule has 1 atom stereocenters. The van der Waals surface area contributed by atoms with Crippen LogP contribution < -0.4 is 5.32 Å². The Hall–Kier alpha value is -1.67. The van der Waals surface area contributed by atoms with E-state index in [0.717, 1.165) is 78.0 Å². The first-order chi connectivity index (χ1) is 15.8. The number of guanidine groups is 1. The molecule has 1 N–H and O–H groups in total. The summed E-state index contributed by atoms with van der Waals surface area (Å²) in [5, 5.41) is 3.51. The SMILES string of the molecule is CCNC(=NCc1cccc(COC2CCOCC2)c1)N1CCC(CN2CCOCC2)C1. The number of morpholine rings is 1. The van der Waals surface area contributed by atoms with Crippen LogP contribution in [0.25, 0.3) is 0 Å². The average molecular weight is 445 g/mol. The van der Waals surface area contributed by atoms with Gasteiger partial charge < -0.3 is 24.4 Å². The second-order valence-electron chi connectivity index (χ2n) is 9.13. The van der Waals surface area contributed by atoms with Crippen LogP contribution in [0.2, 0.25) is 0 Å². The molecule has 3 aliphatic heterocycles. The van der Waals surface area contributed by atoms with Crippen LogP contribution in [0.3, 0.4) is 0 Å². The van der Waals surface area contributed by atoms with Gasteiger partial charge in [0.1, 0.15) is 0 Å². The Morgan fingerprint density at radius 3 is 2.66 bits per heavy atom. The zero-order valence-corrected chi connectivity index (χ0v) is 19.6. The first-order valence-electron chi connectivity index (χ1n) is 12.4. The van der Waals surface area contributed by atoms with Crippen LogP contribution in [-0.2, 0) is 27.4 Å². The fourth-order valence-corrected chi connectivity index (χ4v) is 4.79. The van der Waals surface area contributed by atoms with Gasteiger partial charge in [-0.05, 0) is 43.2 Å². The highest BCUT2D eigenvalue weighted by molar-refractivity contribution is 5.80. The van der Waals surface area contributed by atoms with Gasteiger partial charge >= 0.3 is 0 Å². The number of hydrogen-bond donors (Lipinski definition) is 1. The monoisotopic (exact) mass is 444 g/mol. The number of ether oxygens (including phenoxy) is 3. The molecule has 1 unspecified atom stereocenters. The summed E-state index contributed by atoms with van der Waals surface area (Å²) in [4.78, 5) is 9.97. The van der Waals surface area contributed by atoms with Crippen molar-refractivity contribution < 1.29 is 14.2 Å². The molecular weight excluding hydrogens is 404 g/mol. The van der Waals surface area contributed by atoms with E-state index >= 15 is 0 Å². The summed E-state index contributed by atoms with van der Waals surface area (Å²) in [6.07, 6.45) is 3.56. The molecule has 3 fully saturated rings. The third-order valence-electron chi connectivity index (χ3n) is 6.60. The summed E-state index contributed by atoms with van der Waals surface area (Å²) in [7, 11) is 0. The lowest BCUT2D eigenvalue weighted by molar-refractivity contribution is -0.0390. The maximum Gasteiger partial charge on any atom is 0.194 e. The lowest BCUT2D eigenvalue weighted by Gasteiger charge is -2.29. The van der Waals surface area contributed by atoms with Gasteiger partial charge in [0, 0.05) is 52.5 Å². The minimum absolute atomic E-state index is 0.325. The number of aliphatic imine (C=N–C) groups is 1. The van der Waals surface area contributed by atoms with Crippen molar-refractivity contribution in [1.82, 2.24) is 15.1 Å². The Bertz CT molecular complexity index is 717. The predicted octanol–water partition coefficient (Wildman–Crippen LogP) is 2.50. The van der Waals surface area contributed by atoms with Crippen LogP contribution in [0, 0.1) is 5.92 Å². The molecule has 178 valence electrons. The van der Waals surface area contributed by atoms with E-state index in [1.807, 2.05) is 0 Å². The first kappa shape index (κ1) is 23.5. The Morgan fingerprint density at radius 2 is 1.84 bits per heavy atom. The van der Waals surface area contributed by atoms with Gasteiger partial charge in [0.15, 0.2) is 5.96 Å². The molecule has 1 aromatic rings. The normalized spacial score (nSPS) is 23.6. The summed E-state index contributed by atoms with van der Waals surface area (Å²) >= 11 is 0. The van der Waals surface area contributed by atoms with Crippen LogP contribution in [0.4, 0.5) is 0 Å². The highest BCUT2D eigenvalue weighted by Crippen LogP contribution is 2.19. The molecule has 0 amide bonds. The van der Waals surface area contributed by atoms with E-state index in [0.29, 0.717) is 25.2 Å². The first-order valence-corrected chi connectivity index (χ1v) is 12.4. The van der Waals surface area contributed by atoms with Crippen molar-refractivity contribution in [2.45, 2.75) is 45.4 Å². The number of rotatable bonds is 8.